The Morgan fingerprint density at radius 3 is 2.75 bits per heavy atom. The van der Waals surface area contributed by atoms with Crippen molar-refractivity contribution in [3.63, 3.8) is 0 Å². The van der Waals surface area contributed by atoms with Crippen molar-refractivity contribution in [3.8, 4) is 0 Å². The minimum Gasteiger partial charge on any atom is -0.320 e. The number of amides is 1. The van der Waals surface area contributed by atoms with Crippen molar-refractivity contribution in [2.45, 2.75) is 6.92 Å². The first-order valence-corrected chi connectivity index (χ1v) is 6.44. The van der Waals surface area contributed by atoms with Crippen molar-refractivity contribution in [2.75, 3.05) is 5.32 Å². The molecule has 0 aliphatic heterocycles. The number of nitrogens with one attached hydrogen (secondary N) is 1. The fraction of sp³-hybridized carbons (Fsp3) is 0.0625. The Hall–Kier alpha value is -2.13. The third-order valence-electron chi connectivity index (χ3n) is 2.68. The molecular weight excluding hydrogens is 277 g/mol. The molecule has 2 rings (SSSR count). The lowest BCUT2D eigenvalue weighted by atomic mass is 10.1. The average Bonchev–Trinajstić information content (AvgIpc) is 2.42. The Morgan fingerprint density at radius 2 is 2.00 bits per heavy atom. The predicted octanol–water partition coefficient (Wildman–Crippen LogP) is 4.44. The zero-order chi connectivity index (χ0) is 14.5. The van der Waals surface area contributed by atoms with Gasteiger partial charge in [0.15, 0.2) is 5.82 Å². The van der Waals surface area contributed by atoms with E-state index in [0.717, 1.165) is 11.1 Å². The van der Waals surface area contributed by atoms with E-state index in [0.29, 0.717) is 0 Å². The number of benzene rings is 2. The highest BCUT2D eigenvalue weighted by Gasteiger charge is 2.07. The standard InChI is InChI=1S/C16H13ClFNO/c1-11-4-2-5-12(10-11)8-9-15(20)19-14-7-3-6-13(17)16(14)18/h2-10H,1H3,(H,19,20)/b9-8+. The SMILES string of the molecule is Cc1cccc(/C=C/C(=O)Nc2cccc(Cl)c2F)c1. The molecule has 0 unspecified atom stereocenters. The minimum absolute atomic E-state index is 0.0227. The molecule has 0 aromatic heterocycles. The summed E-state index contributed by atoms with van der Waals surface area (Å²) in [6, 6.07) is 12.2. The van der Waals surface area contributed by atoms with Crippen LogP contribution in [-0.2, 0) is 4.79 Å². The van der Waals surface area contributed by atoms with Gasteiger partial charge in [-0.15, -0.1) is 0 Å². The summed E-state index contributed by atoms with van der Waals surface area (Å²) in [5, 5.41) is 2.43. The normalized spacial score (nSPS) is 10.8. The Labute approximate surface area is 121 Å². The molecule has 0 saturated heterocycles. The highest BCUT2D eigenvalue weighted by molar-refractivity contribution is 6.31. The van der Waals surface area contributed by atoms with Gasteiger partial charge >= 0.3 is 0 Å². The Morgan fingerprint density at radius 1 is 1.25 bits per heavy atom. The molecule has 0 heterocycles. The molecule has 0 spiro atoms. The smallest absolute Gasteiger partial charge is 0.248 e. The topological polar surface area (TPSA) is 29.1 Å². The van der Waals surface area contributed by atoms with Crippen LogP contribution in [0.3, 0.4) is 0 Å². The van der Waals surface area contributed by atoms with Crippen LogP contribution >= 0.6 is 11.6 Å². The number of carbonyl (C=O) groups excluding carboxylic acids is 1. The van der Waals surface area contributed by atoms with Crippen LogP contribution in [0.15, 0.2) is 48.5 Å². The molecule has 0 aliphatic rings. The van der Waals surface area contributed by atoms with E-state index in [1.54, 1.807) is 12.1 Å². The van der Waals surface area contributed by atoms with Crippen molar-refractivity contribution in [3.05, 3.63) is 70.5 Å². The van der Waals surface area contributed by atoms with Crippen molar-refractivity contribution < 1.29 is 9.18 Å². The van der Waals surface area contributed by atoms with E-state index in [9.17, 15) is 9.18 Å². The molecule has 0 aliphatic carbocycles. The van der Waals surface area contributed by atoms with Crippen LogP contribution in [0.5, 0.6) is 0 Å². The van der Waals surface area contributed by atoms with Crippen LogP contribution in [-0.4, -0.2) is 5.91 Å². The highest BCUT2D eigenvalue weighted by Crippen LogP contribution is 2.21. The van der Waals surface area contributed by atoms with Gasteiger partial charge in [-0.1, -0.05) is 47.5 Å². The van der Waals surface area contributed by atoms with E-state index >= 15 is 0 Å². The molecule has 20 heavy (non-hydrogen) atoms. The largest absolute Gasteiger partial charge is 0.320 e. The lowest BCUT2D eigenvalue weighted by Gasteiger charge is -2.04. The number of hydrogen-bond acceptors (Lipinski definition) is 1. The monoisotopic (exact) mass is 289 g/mol. The lowest BCUT2D eigenvalue weighted by molar-refractivity contribution is -0.111. The Bertz CT molecular complexity index is 667. The molecule has 102 valence electrons. The minimum atomic E-state index is -0.633. The van der Waals surface area contributed by atoms with Crippen LogP contribution in [0.25, 0.3) is 6.08 Å². The summed E-state index contributed by atoms with van der Waals surface area (Å²) in [5.74, 6) is -1.04. The van der Waals surface area contributed by atoms with Gasteiger partial charge < -0.3 is 5.32 Å². The van der Waals surface area contributed by atoms with Gasteiger partial charge in [0, 0.05) is 6.08 Å². The molecule has 1 amide bonds. The molecule has 0 saturated carbocycles. The summed E-state index contributed by atoms with van der Waals surface area (Å²) < 4.78 is 13.6. The van der Waals surface area contributed by atoms with E-state index in [1.165, 1.54) is 18.2 Å². The van der Waals surface area contributed by atoms with Gasteiger partial charge in [-0.25, -0.2) is 4.39 Å². The summed E-state index contributed by atoms with van der Waals surface area (Å²) in [4.78, 5) is 11.7. The van der Waals surface area contributed by atoms with Gasteiger partial charge in [0.25, 0.3) is 0 Å². The molecule has 2 aromatic carbocycles. The fourth-order valence-electron chi connectivity index (χ4n) is 1.72. The number of anilines is 1. The third-order valence-corrected chi connectivity index (χ3v) is 2.97. The maximum atomic E-state index is 13.6. The first kappa shape index (κ1) is 14.3. The maximum Gasteiger partial charge on any atom is 0.248 e. The number of carbonyl (C=O) groups is 1. The first-order chi connectivity index (χ1) is 9.56. The lowest BCUT2D eigenvalue weighted by Crippen LogP contribution is -2.09. The summed E-state index contributed by atoms with van der Waals surface area (Å²) in [6.07, 6.45) is 3.03. The highest BCUT2D eigenvalue weighted by atomic mass is 35.5. The van der Waals surface area contributed by atoms with Crippen molar-refractivity contribution in [2.24, 2.45) is 0 Å². The van der Waals surface area contributed by atoms with Gasteiger partial charge in [-0.05, 0) is 30.7 Å². The van der Waals surface area contributed by atoms with E-state index < -0.39 is 11.7 Å². The zero-order valence-corrected chi connectivity index (χ0v) is 11.6. The fourth-order valence-corrected chi connectivity index (χ4v) is 1.89. The maximum absolute atomic E-state index is 13.6. The van der Waals surface area contributed by atoms with Crippen LogP contribution < -0.4 is 5.32 Å². The van der Waals surface area contributed by atoms with Gasteiger partial charge in [0.1, 0.15) is 0 Å². The van der Waals surface area contributed by atoms with Gasteiger partial charge in [-0.3, -0.25) is 4.79 Å². The van der Waals surface area contributed by atoms with E-state index in [2.05, 4.69) is 5.32 Å². The number of aryl methyl sites for hydroxylation is 1. The number of rotatable bonds is 3. The quantitative estimate of drug-likeness (QED) is 0.832. The predicted molar refractivity (Wildman–Crippen MR) is 80.3 cm³/mol. The molecule has 1 N–H and O–H groups in total. The second-order valence-electron chi connectivity index (χ2n) is 4.34. The second kappa shape index (κ2) is 6.35. The van der Waals surface area contributed by atoms with Crippen molar-refractivity contribution >= 4 is 29.3 Å². The number of halogens is 2. The first-order valence-electron chi connectivity index (χ1n) is 6.06. The molecule has 0 fully saturated rings. The molecular formula is C16H13ClFNO. The molecule has 0 atom stereocenters. The average molecular weight is 290 g/mol. The summed E-state index contributed by atoms with van der Waals surface area (Å²) >= 11 is 5.64. The number of hydrogen-bond donors (Lipinski definition) is 1. The van der Waals surface area contributed by atoms with Crippen LogP contribution in [0.1, 0.15) is 11.1 Å². The molecule has 0 bridgehead atoms. The second-order valence-corrected chi connectivity index (χ2v) is 4.75. The van der Waals surface area contributed by atoms with E-state index in [4.69, 9.17) is 11.6 Å². The van der Waals surface area contributed by atoms with Crippen LogP contribution in [0.4, 0.5) is 10.1 Å². The zero-order valence-electron chi connectivity index (χ0n) is 10.9. The van der Waals surface area contributed by atoms with Gasteiger partial charge in [0.05, 0.1) is 10.7 Å². The molecule has 4 heteroatoms. The van der Waals surface area contributed by atoms with Crippen LogP contribution in [0, 0.1) is 12.7 Å². The Balaban J connectivity index is 2.08. The molecule has 0 radical (unpaired) electrons. The Kier molecular flexibility index (Phi) is 4.53. The van der Waals surface area contributed by atoms with Gasteiger partial charge in [0.2, 0.25) is 5.91 Å². The van der Waals surface area contributed by atoms with Crippen molar-refractivity contribution in [1.82, 2.24) is 0 Å². The van der Waals surface area contributed by atoms with Gasteiger partial charge in [-0.2, -0.15) is 0 Å². The summed E-state index contributed by atoms with van der Waals surface area (Å²) in [6.45, 7) is 1.97. The molecule has 2 aromatic rings. The summed E-state index contributed by atoms with van der Waals surface area (Å²) in [7, 11) is 0. The van der Waals surface area contributed by atoms with Crippen molar-refractivity contribution in [1.29, 1.82) is 0 Å². The van der Waals surface area contributed by atoms with E-state index in [1.807, 2.05) is 31.2 Å². The van der Waals surface area contributed by atoms with Crippen LogP contribution in [0.2, 0.25) is 5.02 Å². The third kappa shape index (κ3) is 3.68. The molecule has 2 nitrogen and oxygen atoms in total. The van der Waals surface area contributed by atoms with E-state index in [-0.39, 0.29) is 10.7 Å². The summed E-state index contributed by atoms with van der Waals surface area (Å²) in [5.41, 5.74) is 2.08.